The van der Waals surface area contributed by atoms with Gasteiger partial charge in [0.25, 0.3) is 23.6 Å². The van der Waals surface area contributed by atoms with Gasteiger partial charge in [-0.1, -0.05) is 0 Å². The van der Waals surface area contributed by atoms with E-state index >= 15 is 0 Å². The van der Waals surface area contributed by atoms with Crippen LogP contribution in [-0.2, 0) is 43.2 Å². The molecule has 0 aromatic rings. The van der Waals surface area contributed by atoms with Crippen molar-refractivity contribution in [2.75, 3.05) is 0 Å². The van der Waals surface area contributed by atoms with E-state index in [1.807, 2.05) is 0 Å². The number of Topliss-reactive ketones (excluding diaryl/α,β-unsaturated/α-hetero) is 1. The Balaban J connectivity index is 1.77. The van der Waals surface area contributed by atoms with Crippen molar-refractivity contribution >= 4 is 41.4 Å². The molecule has 0 radical (unpaired) electrons. The number of nitrogens with zero attached hydrogens (tertiary/aromatic N) is 2. The standard InChI is InChI=1S/C13H12N2O9/c16-7(13(22)24-15-10(19)4-5-11(15)20)1-6-12(21)23-14-8(17)2-3-9(14)18/h1-6H2. The van der Waals surface area contributed by atoms with E-state index in [9.17, 15) is 33.6 Å². The van der Waals surface area contributed by atoms with Gasteiger partial charge in [-0.05, 0) is 0 Å². The number of carbonyl (C=O) groups is 7. The minimum atomic E-state index is -1.47. The molecule has 11 nitrogen and oxygen atoms in total. The highest BCUT2D eigenvalue weighted by atomic mass is 16.7. The zero-order valence-electron chi connectivity index (χ0n) is 12.3. The van der Waals surface area contributed by atoms with Crippen molar-refractivity contribution in [2.45, 2.75) is 38.5 Å². The Morgan fingerprint density at radius 3 is 1.58 bits per heavy atom. The molecular formula is C13H12N2O9. The monoisotopic (exact) mass is 340 g/mol. The lowest BCUT2D eigenvalue weighted by atomic mass is 10.2. The lowest BCUT2D eigenvalue weighted by molar-refractivity contribution is -0.199. The average Bonchev–Trinajstić information content (AvgIpc) is 3.02. The molecular weight excluding hydrogens is 328 g/mol. The van der Waals surface area contributed by atoms with Gasteiger partial charge in [-0.3, -0.25) is 24.0 Å². The van der Waals surface area contributed by atoms with Gasteiger partial charge in [-0.15, -0.1) is 10.1 Å². The van der Waals surface area contributed by atoms with Crippen LogP contribution in [0.25, 0.3) is 0 Å². The molecule has 0 spiro atoms. The van der Waals surface area contributed by atoms with Crippen molar-refractivity contribution in [3.05, 3.63) is 0 Å². The maximum absolute atomic E-state index is 11.5. The maximum Gasteiger partial charge on any atom is 0.399 e. The minimum absolute atomic E-state index is 0.0741. The predicted octanol–water partition coefficient (Wildman–Crippen LogP) is -1.45. The van der Waals surface area contributed by atoms with E-state index in [2.05, 4.69) is 9.68 Å². The second-order valence-electron chi connectivity index (χ2n) is 4.93. The predicted molar refractivity (Wildman–Crippen MR) is 68.6 cm³/mol. The van der Waals surface area contributed by atoms with Crippen LogP contribution in [0.2, 0.25) is 0 Å². The third-order valence-corrected chi connectivity index (χ3v) is 3.16. The van der Waals surface area contributed by atoms with E-state index in [1.165, 1.54) is 0 Å². The molecule has 0 bridgehead atoms. The molecule has 2 aliphatic heterocycles. The molecule has 128 valence electrons. The van der Waals surface area contributed by atoms with Crippen LogP contribution < -0.4 is 0 Å². The molecule has 0 saturated carbocycles. The first-order valence-electron chi connectivity index (χ1n) is 6.97. The third-order valence-electron chi connectivity index (χ3n) is 3.16. The highest BCUT2D eigenvalue weighted by molar-refractivity contribution is 6.34. The molecule has 2 rings (SSSR count). The van der Waals surface area contributed by atoms with Crippen LogP contribution in [-0.4, -0.2) is 51.5 Å². The Bertz CT molecular complexity index is 622. The van der Waals surface area contributed by atoms with Gasteiger partial charge in [0.05, 0.1) is 6.42 Å². The normalized spacial score (nSPS) is 17.5. The van der Waals surface area contributed by atoms with Crippen molar-refractivity contribution in [1.82, 2.24) is 10.1 Å². The largest absolute Gasteiger partial charge is 0.399 e. The number of rotatable bonds is 6. The van der Waals surface area contributed by atoms with Gasteiger partial charge < -0.3 is 9.68 Å². The lowest BCUT2D eigenvalue weighted by Crippen LogP contribution is -2.35. The second kappa shape index (κ2) is 6.98. The first-order chi connectivity index (χ1) is 11.3. The van der Waals surface area contributed by atoms with Gasteiger partial charge in [0.1, 0.15) is 0 Å². The molecule has 2 saturated heterocycles. The maximum atomic E-state index is 11.5. The minimum Gasteiger partial charge on any atom is -0.330 e. The first-order valence-corrected chi connectivity index (χ1v) is 6.97. The molecule has 2 aliphatic rings. The zero-order chi connectivity index (χ0) is 17.9. The highest BCUT2D eigenvalue weighted by Crippen LogP contribution is 2.14. The van der Waals surface area contributed by atoms with Crippen molar-refractivity contribution in [1.29, 1.82) is 0 Å². The first kappa shape index (κ1) is 17.2. The van der Waals surface area contributed by atoms with Gasteiger partial charge in [-0.25, -0.2) is 9.59 Å². The Hall–Kier alpha value is -3.11. The topological polar surface area (TPSA) is 144 Å². The highest BCUT2D eigenvalue weighted by Gasteiger charge is 2.35. The van der Waals surface area contributed by atoms with E-state index < -0.39 is 54.2 Å². The second-order valence-corrected chi connectivity index (χ2v) is 4.93. The summed E-state index contributed by atoms with van der Waals surface area (Å²) in [5.74, 6) is -6.54. The van der Waals surface area contributed by atoms with Crippen molar-refractivity contribution < 1.29 is 43.2 Å². The van der Waals surface area contributed by atoms with Crippen LogP contribution in [0.1, 0.15) is 38.5 Å². The number of ketones is 1. The Kier molecular flexibility index (Phi) is 5.02. The smallest absolute Gasteiger partial charge is 0.330 e. The van der Waals surface area contributed by atoms with Gasteiger partial charge in [0.15, 0.2) is 0 Å². The van der Waals surface area contributed by atoms with E-state index in [4.69, 9.17) is 0 Å². The number of imide groups is 2. The van der Waals surface area contributed by atoms with Crippen LogP contribution in [0, 0.1) is 0 Å². The van der Waals surface area contributed by atoms with E-state index in [1.54, 1.807) is 0 Å². The summed E-state index contributed by atoms with van der Waals surface area (Å²) >= 11 is 0. The number of hydrogen-bond donors (Lipinski definition) is 0. The summed E-state index contributed by atoms with van der Waals surface area (Å²) in [6.07, 6.45) is -1.61. The van der Waals surface area contributed by atoms with Crippen LogP contribution >= 0.6 is 0 Å². The summed E-state index contributed by atoms with van der Waals surface area (Å²) in [5.41, 5.74) is 0. The Labute approximate surface area is 134 Å². The van der Waals surface area contributed by atoms with Gasteiger partial charge >= 0.3 is 11.9 Å². The Morgan fingerprint density at radius 2 is 1.12 bits per heavy atom. The van der Waals surface area contributed by atoms with Gasteiger partial charge in [0, 0.05) is 32.1 Å². The summed E-state index contributed by atoms with van der Waals surface area (Å²) in [6, 6.07) is 0. The van der Waals surface area contributed by atoms with E-state index in [0.29, 0.717) is 5.06 Å². The van der Waals surface area contributed by atoms with Crippen LogP contribution in [0.3, 0.4) is 0 Å². The third kappa shape index (κ3) is 3.80. The van der Waals surface area contributed by atoms with E-state index in [-0.39, 0.29) is 30.7 Å². The number of amides is 4. The van der Waals surface area contributed by atoms with E-state index in [0.717, 1.165) is 0 Å². The SMILES string of the molecule is O=C(CCC(=O)C(=O)ON1C(=O)CCC1=O)ON1C(=O)CCC1=O. The molecule has 0 aromatic carbocycles. The lowest BCUT2D eigenvalue weighted by Gasteiger charge is -2.13. The molecule has 2 heterocycles. The molecule has 0 N–H and O–H groups in total. The number of hydrogen-bond acceptors (Lipinski definition) is 9. The summed E-state index contributed by atoms with van der Waals surface area (Å²) in [6.45, 7) is 0. The molecule has 0 atom stereocenters. The van der Waals surface area contributed by atoms with Gasteiger partial charge in [-0.2, -0.15) is 0 Å². The van der Waals surface area contributed by atoms with Crippen LogP contribution in [0.15, 0.2) is 0 Å². The summed E-state index contributed by atoms with van der Waals surface area (Å²) in [4.78, 5) is 88.3. The van der Waals surface area contributed by atoms with Crippen molar-refractivity contribution in [3.63, 3.8) is 0 Å². The summed E-state index contributed by atoms with van der Waals surface area (Å²) in [7, 11) is 0. The summed E-state index contributed by atoms with van der Waals surface area (Å²) in [5, 5.41) is 0.521. The average molecular weight is 340 g/mol. The van der Waals surface area contributed by atoms with Crippen LogP contribution in [0.5, 0.6) is 0 Å². The molecule has 0 aromatic heterocycles. The molecule has 4 amide bonds. The van der Waals surface area contributed by atoms with Crippen LogP contribution in [0.4, 0.5) is 0 Å². The summed E-state index contributed by atoms with van der Waals surface area (Å²) < 4.78 is 0. The Morgan fingerprint density at radius 1 is 0.708 bits per heavy atom. The molecule has 0 aliphatic carbocycles. The molecule has 24 heavy (non-hydrogen) atoms. The number of carbonyl (C=O) groups excluding carboxylic acids is 7. The fraction of sp³-hybridized carbons (Fsp3) is 0.462. The van der Waals surface area contributed by atoms with Gasteiger partial charge in [0.2, 0.25) is 5.78 Å². The molecule has 11 heteroatoms. The zero-order valence-corrected chi connectivity index (χ0v) is 12.3. The molecule has 0 unspecified atom stereocenters. The number of hydroxylamine groups is 4. The van der Waals surface area contributed by atoms with Crippen molar-refractivity contribution in [2.24, 2.45) is 0 Å². The van der Waals surface area contributed by atoms with Crippen molar-refractivity contribution in [3.8, 4) is 0 Å². The fourth-order valence-corrected chi connectivity index (χ4v) is 1.91. The molecule has 2 fully saturated rings. The fourth-order valence-electron chi connectivity index (χ4n) is 1.91. The quantitative estimate of drug-likeness (QED) is 0.419.